The topological polar surface area (TPSA) is 76.8 Å². The molecule has 0 saturated heterocycles. The van der Waals surface area contributed by atoms with Gasteiger partial charge in [0.1, 0.15) is 16.6 Å². The average molecular weight is 331 g/mol. The first kappa shape index (κ1) is 14.6. The Morgan fingerprint density at radius 1 is 1.17 bits per heavy atom. The second kappa shape index (κ2) is 5.29. The molecule has 4 aromatic rings. The van der Waals surface area contributed by atoms with Gasteiger partial charge in [-0.05, 0) is 25.5 Å². The molecule has 4 nitrogen and oxygen atoms in total. The highest BCUT2D eigenvalue weighted by Crippen LogP contribution is 2.41. The maximum atomic E-state index is 9.64. The minimum atomic E-state index is 0.392. The van der Waals surface area contributed by atoms with E-state index in [0.717, 1.165) is 42.8 Å². The van der Waals surface area contributed by atoms with Crippen LogP contribution in [0.15, 0.2) is 36.4 Å². The third-order valence-electron chi connectivity index (χ3n) is 4.17. The molecule has 0 unspecified atom stereocenters. The second-order valence-corrected chi connectivity index (χ2v) is 6.83. The number of fused-ring (bicyclic) bond motifs is 3. The van der Waals surface area contributed by atoms with Gasteiger partial charge in [0.25, 0.3) is 5.82 Å². The van der Waals surface area contributed by atoms with Crippen LogP contribution in [0.5, 0.6) is 0 Å². The lowest BCUT2D eigenvalue weighted by molar-refractivity contribution is -0.345. The van der Waals surface area contributed by atoms with Crippen molar-refractivity contribution in [2.45, 2.75) is 13.8 Å². The molecule has 0 aliphatic rings. The Kier molecular flexibility index (Phi) is 3.22. The highest BCUT2D eigenvalue weighted by atomic mass is 32.1. The van der Waals surface area contributed by atoms with Gasteiger partial charge in [-0.2, -0.15) is 5.26 Å². The molecular formula is C19H15N4S+. The molecule has 0 fully saturated rings. The number of rotatable bonds is 1. The Bertz CT molecular complexity index is 1140. The zero-order valence-electron chi connectivity index (χ0n) is 13.3. The first-order valence-corrected chi connectivity index (χ1v) is 8.42. The number of hydrogen-bond acceptors (Lipinski definition) is 4. The van der Waals surface area contributed by atoms with Crippen molar-refractivity contribution < 1.29 is 4.98 Å². The Morgan fingerprint density at radius 3 is 2.62 bits per heavy atom. The number of aryl methyl sites for hydroxylation is 2. The Hall–Kier alpha value is -2.97. The van der Waals surface area contributed by atoms with Crippen molar-refractivity contribution >= 4 is 37.5 Å². The van der Waals surface area contributed by atoms with E-state index in [1.54, 1.807) is 11.3 Å². The third-order valence-corrected chi connectivity index (χ3v) is 5.27. The summed E-state index contributed by atoms with van der Waals surface area (Å²) in [5, 5.41) is 11.6. The lowest BCUT2D eigenvalue weighted by atomic mass is 10.0. The summed E-state index contributed by atoms with van der Waals surface area (Å²) in [5.74, 6) is 0.392. The molecule has 1 aromatic carbocycles. The maximum Gasteiger partial charge on any atom is 0.289 e. The van der Waals surface area contributed by atoms with Crippen molar-refractivity contribution in [2.24, 2.45) is 0 Å². The molecule has 0 aliphatic heterocycles. The monoisotopic (exact) mass is 331 g/mol. The lowest BCUT2D eigenvalue weighted by Gasteiger charge is -2.04. The fourth-order valence-corrected chi connectivity index (χ4v) is 4.49. The van der Waals surface area contributed by atoms with Crippen LogP contribution in [0.3, 0.4) is 0 Å². The van der Waals surface area contributed by atoms with Gasteiger partial charge in [-0.3, -0.25) is 5.73 Å². The van der Waals surface area contributed by atoms with Crippen LogP contribution in [0.4, 0.5) is 5.82 Å². The molecule has 0 saturated carbocycles. The summed E-state index contributed by atoms with van der Waals surface area (Å²) in [6.07, 6.45) is 0. The number of benzene rings is 1. The number of nitrogens with two attached hydrogens (primary N) is 1. The van der Waals surface area contributed by atoms with Gasteiger partial charge >= 0.3 is 0 Å². The van der Waals surface area contributed by atoms with Crippen LogP contribution in [-0.2, 0) is 0 Å². The standard InChI is InChI=1S/C19H14N4S/c1-10-8-11(2)22-19-14(10)15-13(9-20)18(21)23-16(17(15)24-19)12-6-4-3-5-7-12/h3-8H,1-2H3,(H2,21,23)/p+1. The van der Waals surface area contributed by atoms with Crippen LogP contribution in [0.2, 0.25) is 0 Å². The minimum absolute atomic E-state index is 0.392. The van der Waals surface area contributed by atoms with Crippen LogP contribution >= 0.6 is 11.3 Å². The quantitative estimate of drug-likeness (QED) is 0.572. The van der Waals surface area contributed by atoms with Gasteiger partial charge < -0.3 is 0 Å². The third kappa shape index (κ3) is 2.04. The van der Waals surface area contributed by atoms with Gasteiger partial charge in [0.15, 0.2) is 5.56 Å². The van der Waals surface area contributed by atoms with Crippen molar-refractivity contribution in [1.82, 2.24) is 4.98 Å². The van der Waals surface area contributed by atoms with Crippen molar-refractivity contribution in [3.05, 3.63) is 53.2 Å². The molecular weight excluding hydrogens is 316 g/mol. The molecule has 0 atom stereocenters. The van der Waals surface area contributed by atoms with Gasteiger partial charge in [0, 0.05) is 22.0 Å². The zero-order valence-corrected chi connectivity index (χ0v) is 14.2. The summed E-state index contributed by atoms with van der Waals surface area (Å²) in [7, 11) is 0. The Morgan fingerprint density at radius 2 is 1.92 bits per heavy atom. The lowest BCUT2D eigenvalue weighted by Crippen LogP contribution is -2.15. The predicted molar refractivity (Wildman–Crippen MR) is 97.7 cm³/mol. The maximum absolute atomic E-state index is 9.64. The SMILES string of the molecule is Cc1cc(C)c2c(n1)sc1c(-c3ccccc3)[nH+]c(N)c(C#N)c12. The van der Waals surface area contributed by atoms with Crippen molar-refractivity contribution in [1.29, 1.82) is 5.26 Å². The van der Waals surface area contributed by atoms with Crippen molar-refractivity contribution in [3.8, 4) is 17.3 Å². The first-order valence-electron chi connectivity index (χ1n) is 7.61. The van der Waals surface area contributed by atoms with E-state index in [-0.39, 0.29) is 0 Å². The normalized spacial score (nSPS) is 11.0. The van der Waals surface area contributed by atoms with Crippen LogP contribution < -0.4 is 10.7 Å². The smallest absolute Gasteiger partial charge is 0.286 e. The number of H-pyrrole nitrogens is 1. The highest BCUT2D eigenvalue weighted by Gasteiger charge is 2.23. The number of aromatic nitrogens is 2. The molecule has 24 heavy (non-hydrogen) atoms. The fraction of sp³-hybridized carbons (Fsp3) is 0.105. The molecule has 3 heterocycles. The molecule has 0 amide bonds. The summed E-state index contributed by atoms with van der Waals surface area (Å²) < 4.78 is 1.02. The van der Waals surface area contributed by atoms with E-state index in [1.165, 1.54) is 0 Å². The van der Waals surface area contributed by atoms with E-state index in [2.05, 4.69) is 23.0 Å². The van der Waals surface area contributed by atoms with E-state index in [1.807, 2.05) is 43.3 Å². The molecule has 0 bridgehead atoms. The number of aromatic amines is 1. The fourth-order valence-electron chi connectivity index (χ4n) is 3.17. The number of nitrogens with one attached hydrogen (secondary N) is 1. The molecule has 3 N–H and O–H groups in total. The largest absolute Gasteiger partial charge is 0.289 e. The van der Waals surface area contributed by atoms with Gasteiger partial charge in [0.05, 0.1) is 4.70 Å². The summed E-state index contributed by atoms with van der Waals surface area (Å²) in [6, 6.07) is 14.3. The van der Waals surface area contributed by atoms with E-state index in [9.17, 15) is 5.26 Å². The van der Waals surface area contributed by atoms with E-state index in [0.29, 0.717) is 11.4 Å². The zero-order chi connectivity index (χ0) is 16.8. The number of anilines is 1. The summed E-state index contributed by atoms with van der Waals surface area (Å²) in [5.41, 5.74) is 10.7. The molecule has 5 heteroatoms. The molecule has 0 aliphatic carbocycles. The second-order valence-electron chi connectivity index (χ2n) is 5.83. The predicted octanol–water partition coefficient (Wildman–Crippen LogP) is 4.00. The van der Waals surface area contributed by atoms with Crippen LogP contribution in [0.1, 0.15) is 16.8 Å². The number of nitrogens with zero attached hydrogens (tertiary/aromatic N) is 2. The summed E-state index contributed by atoms with van der Waals surface area (Å²) in [6.45, 7) is 4.04. The van der Waals surface area contributed by atoms with E-state index < -0.39 is 0 Å². The first-order chi connectivity index (χ1) is 11.6. The molecule has 4 rings (SSSR count). The molecule has 0 spiro atoms. The summed E-state index contributed by atoms with van der Waals surface area (Å²) in [4.78, 5) is 8.83. The average Bonchev–Trinajstić information content (AvgIpc) is 2.94. The minimum Gasteiger partial charge on any atom is -0.286 e. The number of nitriles is 1. The van der Waals surface area contributed by atoms with E-state index >= 15 is 0 Å². The van der Waals surface area contributed by atoms with Gasteiger partial charge in [-0.15, -0.1) is 11.3 Å². The van der Waals surface area contributed by atoms with Crippen LogP contribution in [-0.4, -0.2) is 4.98 Å². The molecule has 3 aromatic heterocycles. The van der Waals surface area contributed by atoms with Gasteiger partial charge in [-0.25, -0.2) is 9.97 Å². The highest BCUT2D eigenvalue weighted by molar-refractivity contribution is 7.26. The number of hydrogen-bond donors (Lipinski definition) is 1. The Balaban J connectivity index is 2.26. The number of thiophene rings is 1. The van der Waals surface area contributed by atoms with Gasteiger partial charge in [-0.1, -0.05) is 30.3 Å². The summed E-state index contributed by atoms with van der Waals surface area (Å²) >= 11 is 1.60. The number of pyridine rings is 2. The number of nitrogen functional groups attached to an aromatic ring is 1. The van der Waals surface area contributed by atoms with Crippen molar-refractivity contribution in [3.63, 3.8) is 0 Å². The van der Waals surface area contributed by atoms with Crippen molar-refractivity contribution in [2.75, 3.05) is 5.73 Å². The van der Waals surface area contributed by atoms with Crippen LogP contribution in [0.25, 0.3) is 31.6 Å². The molecule has 116 valence electrons. The Labute approximate surface area is 143 Å². The van der Waals surface area contributed by atoms with Crippen LogP contribution in [0, 0.1) is 25.2 Å². The van der Waals surface area contributed by atoms with Gasteiger partial charge in [0.2, 0.25) is 0 Å². The molecule has 0 radical (unpaired) electrons. The van der Waals surface area contributed by atoms with E-state index in [4.69, 9.17) is 5.73 Å².